The average Bonchev–Trinajstić information content (AvgIpc) is 3.31. The summed E-state index contributed by atoms with van der Waals surface area (Å²) in [5, 5.41) is 13.7. The molecule has 7 nitrogen and oxygen atoms in total. The average molecular weight is 403 g/mol. The van der Waals surface area contributed by atoms with Crippen LogP contribution >= 0.6 is 22.9 Å². The molecule has 138 valence electrons. The maximum absolute atomic E-state index is 12.6. The predicted octanol–water partition coefficient (Wildman–Crippen LogP) is 4.66. The fourth-order valence-corrected chi connectivity index (χ4v) is 3.93. The Morgan fingerprint density at radius 3 is 2.81 bits per heavy atom. The quantitative estimate of drug-likeness (QED) is 0.462. The van der Waals surface area contributed by atoms with Gasteiger partial charge in [0.15, 0.2) is 6.10 Å². The monoisotopic (exact) mass is 402 g/mol. The van der Waals surface area contributed by atoms with Crippen LogP contribution in [0.25, 0.3) is 15.9 Å². The van der Waals surface area contributed by atoms with E-state index in [0.29, 0.717) is 15.8 Å². The van der Waals surface area contributed by atoms with Crippen LogP contribution in [0.15, 0.2) is 34.7 Å². The number of aryl methyl sites for hydroxylation is 2. The molecule has 0 amide bonds. The van der Waals surface area contributed by atoms with Gasteiger partial charge < -0.3 is 9.15 Å². The first-order valence-electron chi connectivity index (χ1n) is 8.18. The predicted molar refractivity (Wildman–Crippen MR) is 102 cm³/mol. The molecule has 0 aliphatic rings. The first-order chi connectivity index (χ1) is 12.9. The molecule has 9 heteroatoms. The Morgan fingerprint density at radius 2 is 2.11 bits per heavy atom. The van der Waals surface area contributed by atoms with Crippen molar-refractivity contribution in [3.05, 3.63) is 57.7 Å². The number of fused-ring (bicyclic) bond motifs is 1. The van der Waals surface area contributed by atoms with Crippen LogP contribution in [0.3, 0.4) is 0 Å². The van der Waals surface area contributed by atoms with Gasteiger partial charge in [-0.2, -0.15) is 5.10 Å². The Hall–Kier alpha value is -2.71. The number of halogens is 1. The lowest BCUT2D eigenvalue weighted by atomic mass is 10.3. The third kappa shape index (κ3) is 3.33. The largest absolute Gasteiger partial charge is 0.448 e. The second-order valence-electron chi connectivity index (χ2n) is 6.01. The topological polar surface area (TPSA) is 83.0 Å². The number of aromatic nitrogens is 4. The summed E-state index contributed by atoms with van der Waals surface area (Å²) in [6, 6.07) is 9.19. The number of rotatable bonds is 4. The minimum atomic E-state index is -0.630. The first kappa shape index (κ1) is 17.7. The van der Waals surface area contributed by atoms with E-state index in [4.69, 9.17) is 20.8 Å². The Labute approximate surface area is 163 Å². The van der Waals surface area contributed by atoms with Gasteiger partial charge in [0.25, 0.3) is 5.89 Å². The molecular weight excluding hydrogens is 388 g/mol. The highest BCUT2D eigenvalue weighted by Gasteiger charge is 2.22. The molecule has 0 aliphatic carbocycles. The number of esters is 1. The molecule has 1 atom stereocenters. The molecule has 1 unspecified atom stereocenters. The van der Waals surface area contributed by atoms with Gasteiger partial charge in [-0.3, -0.25) is 0 Å². The number of nitrogens with zero attached hydrogens (tertiary/aromatic N) is 4. The molecule has 1 aromatic carbocycles. The maximum atomic E-state index is 12.6. The molecule has 0 fully saturated rings. The highest BCUT2D eigenvalue weighted by atomic mass is 35.5. The van der Waals surface area contributed by atoms with E-state index in [2.05, 4.69) is 15.3 Å². The van der Waals surface area contributed by atoms with Crippen molar-refractivity contribution in [3.63, 3.8) is 0 Å². The molecule has 0 saturated carbocycles. The van der Waals surface area contributed by atoms with E-state index in [9.17, 15) is 4.79 Å². The van der Waals surface area contributed by atoms with Crippen molar-refractivity contribution in [1.82, 2.24) is 20.0 Å². The molecule has 0 spiro atoms. The van der Waals surface area contributed by atoms with E-state index in [-0.39, 0.29) is 5.89 Å². The van der Waals surface area contributed by atoms with Gasteiger partial charge in [-0.05, 0) is 38.1 Å². The zero-order valence-electron chi connectivity index (χ0n) is 14.8. The Balaban J connectivity index is 1.65. The standard InChI is InChI=1S/C18H15ClN4O3S/c1-9-14-8-15(18(24)25-10(2)16-21-20-11(3)26-16)27-17(14)23(22-9)13-6-4-5-12(19)7-13/h4-8,10H,1-3H3. The van der Waals surface area contributed by atoms with Crippen molar-refractivity contribution < 1.29 is 13.9 Å². The molecule has 0 saturated heterocycles. The van der Waals surface area contributed by atoms with E-state index < -0.39 is 12.1 Å². The lowest BCUT2D eigenvalue weighted by Crippen LogP contribution is -2.08. The van der Waals surface area contributed by atoms with Crippen molar-refractivity contribution in [2.24, 2.45) is 0 Å². The highest BCUT2D eigenvalue weighted by Crippen LogP contribution is 2.32. The zero-order valence-corrected chi connectivity index (χ0v) is 16.3. The Kier molecular flexibility index (Phi) is 4.45. The SMILES string of the molecule is Cc1nnc(C(C)OC(=O)c2cc3c(C)nn(-c4cccc(Cl)c4)c3s2)o1. The van der Waals surface area contributed by atoms with Gasteiger partial charge in [0.2, 0.25) is 5.89 Å². The number of hydrogen-bond donors (Lipinski definition) is 0. The second-order valence-corrected chi connectivity index (χ2v) is 7.48. The van der Waals surface area contributed by atoms with Crippen LogP contribution in [0.1, 0.15) is 40.2 Å². The van der Waals surface area contributed by atoms with Crippen molar-refractivity contribution >= 4 is 39.1 Å². The number of carbonyl (C=O) groups excluding carboxylic acids is 1. The lowest BCUT2D eigenvalue weighted by Gasteiger charge is -2.07. The van der Waals surface area contributed by atoms with E-state index in [1.807, 2.05) is 25.1 Å². The van der Waals surface area contributed by atoms with Crippen LogP contribution < -0.4 is 0 Å². The maximum Gasteiger partial charge on any atom is 0.349 e. The summed E-state index contributed by atoms with van der Waals surface area (Å²) in [4.78, 5) is 13.9. The van der Waals surface area contributed by atoms with E-state index in [1.165, 1.54) is 11.3 Å². The number of carbonyl (C=O) groups is 1. The fraction of sp³-hybridized carbons (Fsp3) is 0.222. The van der Waals surface area contributed by atoms with Crippen LogP contribution in [0.5, 0.6) is 0 Å². The number of benzene rings is 1. The van der Waals surface area contributed by atoms with Gasteiger partial charge in [0.05, 0.1) is 11.4 Å². The molecule has 4 aromatic rings. The third-order valence-electron chi connectivity index (χ3n) is 3.97. The summed E-state index contributed by atoms with van der Waals surface area (Å²) in [7, 11) is 0. The highest BCUT2D eigenvalue weighted by molar-refractivity contribution is 7.20. The summed E-state index contributed by atoms with van der Waals surface area (Å²) in [6.07, 6.45) is -0.630. The molecular formula is C18H15ClN4O3S. The van der Waals surface area contributed by atoms with Gasteiger partial charge in [0.1, 0.15) is 9.71 Å². The van der Waals surface area contributed by atoms with E-state index in [1.54, 1.807) is 30.7 Å². The molecule has 4 rings (SSSR count). The van der Waals surface area contributed by atoms with Crippen molar-refractivity contribution in [2.45, 2.75) is 26.9 Å². The summed E-state index contributed by atoms with van der Waals surface area (Å²) in [5.41, 5.74) is 1.65. The summed E-state index contributed by atoms with van der Waals surface area (Å²) in [6.45, 7) is 5.27. The minimum Gasteiger partial charge on any atom is -0.448 e. The van der Waals surface area contributed by atoms with Gasteiger partial charge in [-0.15, -0.1) is 21.5 Å². The van der Waals surface area contributed by atoms with Gasteiger partial charge in [0, 0.05) is 17.3 Å². The number of ether oxygens (including phenoxy) is 1. The lowest BCUT2D eigenvalue weighted by molar-refractivity contribution is 0.0283. The summed E-state index contributed by atoms with van der Waals surface area (Å²) in [5.74, 6) is 0.242. The zero-order chi connectivity index (χ0) is 19.1. The normalized spacial score (nSPS) is 12.4. The molecule has 3 heterocycles. The molecule has 0 bridgehead atoms. The van der Waals surface area contributed by atoms with Crippen LogP contribution in [0, 0.1) is 13.8 Å². The fourth-order valence-electron chi connectivity index (χ4n) is 2.68. The number of hydrogen-bond acceptors (Lipinski definition) is 7. The molecule has 3 aromatic heterocycles. The van der Waals surface area contributed by atoms with Gasteiger partial charge >= 0.3 is 5.97 Å². The molecule has 27 heavy (non-hydrogen) atoms. The number of thiophene rings is 1. The molecule has 0 N–H and O–H groups in total. The van der Waals surface area contributed by atoms with Crippen LogP contribution in [-0.4, -0.2) is 25.9 Å². The summed E-state index contributed by atoms with van der Waals surface area (Å²) >= 11 is 7.41. The van der Waals surface area contributed by atoms with Gasteiger partial charge in [-0.1, -0.05) is 17.7 Å². The van der Waals surface area contributed by atoms with E-state index >= 15 is 0 Å². The smallest absolute Gasteiger partial charge is 0.349 e. The van der Waals surface area contributed by atoms with Crippen LogP contribution in [0.2, 0.25) is 5.02 Å². The van der Waals surface area contributed by atoms with Crippen LogP contribution in [0.4, 0.5) is 0 Å². The minimum absolute atomic E-state index is 0.267. The summed E-state index contributed by atoms with van der Waals surface area (Å²) < 4.78 is 12.6. The van der Waals surface area contributed by atoms with Crippen molar-refractivity contribution in [3.8, 4) is 5.69 Å². The first-order valence-corrected chi connectivity index (χ1v) is 9.38. The molecule has 0 radical (unpaired) electrons. The van der Waals surface area contributed by atoms with Crippen molar-refractivity contribution in [2.75, 3.05) is 0 Å². The Morgan fingerprint density at radius 1 is 1.30 bits per heavy atom. The van der Waals surface area contributed by atoms with Crippen molar-refractivity contribution in [1.29, 1.82) is 0 Å². The van der Waals surface area contributed by atoms with Gasteiger partial charge in [-0.25, -0.2) is 9.48 Å². The molecule has 0 aliphatic heterocycles. The Bertz CT molecular complexity index is 1150. The third-order valence-corrected chi connectivity index (χ3v) is 5.30. The second kappa shape index (κ2) is 6.79. The van der Waals surface area contributed by atoms with Crippen LogP contribution in [-0.2, 0) is 4.74 Å². The van der Waals surface area contributed by atoms with E-state index in [0.717, 1.165) is 21.6 Å².